The summed E-state index contributed by atoms with van der Waals surface area (Å²) in [6.07, 6.45) is 3.08. The number of rotatable bonds is 5. The lowest BCUT2D eigenvalue weighted by Gasteiger charge is -2.20. The van der Waals surface area contributed by atoms with Crippen molar-refractivity contribution in [2.24, 2.45) is 5.73 Å². The van der Waals surface area contributed by atoms with Crippen molar-refractivity contribution in [3.05, 3.63) is 12.7 Å². The molecule has 1 fully saturated rings. The van der Waals surface area contributed by atoms with Crippen LogP contribution in [0.2, 0.25) is 0 Å². The molecule has 1 rings (SSSR count). The van der Waals surface area contributed by atoms with Gasteiger partial charge in [-0.1, -0.05) is 6.08 Å². The van der Waals surface area contributed by atoms with Crippen molar-refractivity contribution in [1.29, 1.82) is 0 Å². The second-order valence-electron chi connectivity index (χ2n) is 3.92. The van der Waals surface area contributed by atoms with Gasteiger partial charge in [-0.2, -0.15) is 0 Å². The molecule has 0 saturated carbocycles. The van der Waals surface area contributed by atoms with E-state index in [4.69, 9.17) is 10.5 Å². The van der Waals surface area contributed by atoms with Crippen LogP contribution in [0.3, 0.4) is 0 Å². The molecule has 5 heteroatoms. The first-order chi connectivity index (χ1) is 7.15. The summed E-state index contributed by atoms with van der Waals surface area (Å²) in [5.74, 6) is 0.0482. The molecule has 1 heterocycles. The number of amides is 1. The van der Waals surface area contributed by atoms with Gasteiger partial charge in [0.25, 0.3) is 5.91 Å². The van der Waals surface area contributed by atoms with Gasteiger partial charge in [-0.25, -0.2) is 0 Å². The highest BCUT2D eigenvalue weighted by Gasteiger charge is 2.27. The average Bonchev–Trinajstić information content (AvgIpc) is 2.64. The number of ether oxygens (including phenoxy) is 1. The van der Waals surface area contributed by atoms with Gasteiger partial charge in [0.05, 0.1) is 6.61 Å². The number of carbonyl (C=O) groups is 1. The van der Waals surface area contributed by atoms with Crippen LogP contribution >= 0.6 is 12.4 Å². The van der Waals surface area contributed by atoms with E-state index in [9.17, 15) is 4.79 Å². The summed E-state index contributed by atoms with van der Waals surface area (Å²) >= 11 is 0. The number of likely N-dealkylation sites (tertiary alicyclic amines) is 1. The molecule has 16 heavy (non-hydrogen) atoms. The fraction of sp³-hybridized carbons (Fsp3) is 0.727. The van der Waals surface area contributed by atoms with Crippen LogP contribution in [0.25, 0.3) is 0 Å². The zero-order chi connectivity index (χ0) is 11.3. The summed E-state index contributed by atoms with van der Waals surface area (Å²) in [7, 11) is 0. The lowest BCUT2D eigenvalue weighted by atomic mass is 10.3. The predicted octanol–water partition coefficient (Wildman–Crippen LogP) is 0.949. The summed E-state index contributed by atoms with van der Waals surface area (Å²) in [6, 6.07) is 0.134. The second kappa shape index (κ2) is 7.65. The highest BCUT2D eigenvalue weighted by atomic mass is 35.5. The highest BCUT2D eigenvalue weighted by Crippen LogP contribution is 2.10. The molecule has 0 aromatic carbocycles. The third kappa shape index (κ3) is 4.51. The highest BCUT2D eigenvalue weighted by molar-refractivity contribution is 5.85. The molecule has 0 radical (unpaired) electrons. The van der Waals surface area contributed by atoms with Gasteiger partial charge in [-0.3, -0.25) is 4.79 Å². The van der Waals surface area contributed by atoms with Gasteiger partial charge in [0.2, 0.25) is 0 Å². The Morgan fingerprint density at radius 2 is 2.44 bits per heavy atom. The van der Waals surface area contributed by atoms with E-state index in [0.29, 0.717) is 13.2 Å². The molecule has 0 bridgehead atoms. The maximum absolute atomic E-state index is 11.8. The Hall–Kier alpha value is -0.580. The van der Waals surface area contributed by atoms with Crippen molar-refractivity contribution in [1.82, 2.24) is 4.90 Å². The van der Waals surface area contributed by atoms with Crippen LogP contribution in [0.4, 0.5) is 0 Å². The first kappa shape index (κ1) is 15.4. The first-order valence-corrected chi connectivity index (χ1v) is 5.42. The molecule has 94 valence electrons. The number of nitrogens with zero attached hydrogens (tertiary/aromatic N) is 1. The minimum absolute atomic E-state index is 0. The summed E-state index contributed by atoms with van der Waals surface area (Å²) in [4.78, 5) is 13.6. The number of hydrogen-bond donors (Lipinski definition) is 1. The number of carbonyl (C=O) groups excluding carboxylic acids is 1. The zero-order valence-corrected chi connectivity index (χ0v) is 10.5. The Bertz CT molecular complexity index is 236. The molecule has 0 aromatic rings. The van der Waals surface area contributed by atoms with Crippen LogP contribution in [0.1, 0.15) is 19.8 Å². The fourth-order valence-corrected chi connectivity index (χ4v) is 1.64. The normalized spacial score (nSPS) is 21.4. The van der Waals surface area contributed by atoms with Gasteiger partial charge >= 0.3 is 0 Å². The molecule has 2 unspecified atom stereocenters. The van der Waals surface area contributed by atoms with Crippen LogP contribution in [0.15, 0.2) is 12.7 Å². The van der Waals surface area contributed by atoms with Crippen molar-refractivity contribution < 1.29 is 9.53 Å². The van der Waals surface area contributed by atoms with Crippen LogP contribution in [0.5, 0.6) is 0 Å². The van der Waals surface area contributed by atoms with Crippen molar-refractivity contribution >= 4 is 18.3 Å². The summed E-state index contributed by atoms with van der Waals surface area (Å²) < 4.78 is 5.39. The SMILES string of the molecule is C=CCCOC(C)C(=O)N1CCC(N)C1.Cl. The molecule has 0 spiro atoms. The number of halogens is 1. The fourth-order valence-electron chi connectivity index (χ4n) is 1.64. The molecule has 2 N–H and O–H groups in total. The summed E-state index contributed by atoms with van der Waals surface area (Å²) in [5.41, 5.74) is 5.74. The van der Waals surface area contributed by atoms with Crippen molar-refractivity contribution in [2.75, 3.05) is 19.7 Å². The van der Waals surface area contributed by atoms with Gasteiger partial charge < -0.3 is 15.4 Å². The van der Waals surface area contributed by atoms with E-state index in [1.165, 1.54) is 0 Å². The Balaban J connectivity index is 0.00000225. The average molecular weight is 249 g/mol. The number of hydrogen-bond acceptors (Lipinski definition) is 3. The molecular weight excluding hydrogens is 228 g/mol. The van der Waals surface area contributed by atoms with Crippen LogP contribution in [-0.4, -0.2) is 42.6 Å². The molecule has 0 aliphatic carbocycles. The summed E-state index contributed by atoms with van der Waals surface area (Å²) in [6.45, 7) is 7.36. The Kier molecular flexibility index (Phi) is 7.38. The van der Waals surface area contributed by atoms with E-state index in [0.717, 1.165) is 19.4 Å². The lowest BCUT2D eigenvalue weighted by Crippen LogP contribution is -2.39. The Morgan fingerprint density at radius 1 is 1.75 bits per heavy atom. The van der Waals surface area contributed by atoms with Crippen molar-refractivity contribution in [3.8, 4) is 0 Å². The molecule has 4 nitrogen and oxygen atoms in total. The van der Waals surface area contributed by atoms with E-state index in [1.807, 2.05) is 0 Å². The quantitative estimate of drug-likeness (QED) is 0.582. The maximum atomic E-state index is 11.8. The van der Waals surface area contributed by atoms with E-state index < -0.39 is 0 Å². The standard InChI is InChI=1S/C11H20N2O2.ClH/c1-3-4-7-15-9(2)11(14)13-6-5-10(12)8-13;/h3,9-10H,1,4-8,12H2,2H3;1H. The smallest absolute Gasteiger partial charge is 0.251 e. The molecule has 0 aromatic heterocycles. The van der Waals surface area contributed by atoms with E-state index in [1.54, 1.807) is 17.9 Å². The lowest BCUT2D eigenvalue weighted by molar-refractivity contribution is -0.141. The second-order valence-corrected chi connectivity index (χ2v) is 3.92. The molecule has 1 amide bonds. The van der Waals surface area contributed by atoms with Crippen LogP contribution in [0, 0.1) is 0 Å². The van der Waals surface area contributed by atoms with E-state index in [2.05, 4.69) is 6.58 Å². The van der Waals surface area contributed by atoms with E-state index in [-0.39, 0.29) is 30.5 Å². The Labute approximate surface area is 103 Å². The van der Waals surface area contributed by atoms with Gasteiger partial charge in [0, 0.05) is 19.1 Å². The van der Waals surface area contributed by atoms with Crippen molar-refractivity contribution in [2.45, 2.75) is 31.9 Å². The van der Waals surface area contributed by atoms with Gasteiger partial charge in [-0.05, 0) is 19.8 Å². The zero-order valence-electron chi connectivity index (χ0n) is 9.72. The van der Waals surface area contributed by atoms with Crippen molar-refractivity contribution in [3.63, 3.8) is 0 Å². The van der Waals surface area contributed by atoms with Gasteiger partial charge in [-0.15, -0.1) is 19.0 Å². The predicted molar refractivity (Wildman–Crippen MR) is 66.6 cm³/mol. The minimum Gasteiger partial charge on any atom is -0.368 e. The van der Waals surface area contributed by atoms with E-state index >= 15 is 0 Å². The van der Waals surface area contributed by atoms with Crippen LogP contribution < -0.4 is 5.73 Å². The Morgan fingerprint density at radius 3 is 2.94 bits per heavy atom. The third-order valence-electron chi connectivity index (χ3n) is 2.57. The first-order valence-electron chi connectivity index (χ1n) is 5.42. The summed E-state index contributed by atoms with van der Waals surface area (Å²) in [5, 5.41) is 0. The maximum Gasteiger partial charge on any atom is 0.251 e. The molecule has 1 saturated heterocycles. The third-order valence-corrected chi connectivity index (χ3v) is 2.57. The van der Waals surface area contributed by atoms with Gasteiger partial charge in [0.15, 0.2) is 0 Å². The van der Waals surface area contributed by atoms with Gasteiger partial charge in [0.1, 0.15) is 6.10 Å². The van der Waals surface area contributed by atoms with Crippen LogP contribution in [-0.2, 0) is 9.53 Å². The minimum atomic E-state index is -0.366. The molecule has 1 aliphatic heterocycles. The molecule has 2 atom stereocenters. The number of nitrogens with two attached hydrogens (primary N) is 1. The largest absolute Gasteiger partial charge is 0.368 e. The monoisotopic (exact) mass is 248 g/mol. The topological polar surface area (TPSA) is 55.6 Å². The molecule has 1 aliphatic rings. The molecular formula is C11H21ClN2O2.